The fraction of sp³-hybridized carbons (Fsp3) is 0.316. The molecule has 1 aliphatic carbocycles. The Morgan fingerprint density at radius 3 is 2.08 bits per heavy atom. The van der Waals surface area contributed by atoms with Gasteiger partial charge in [-0.05, 0) is 30.5 Å². The van der Waals surface area contributed by atoms with Crippen molar-refractivity contribution in [3.05, 3.63) is 65.7 Å². The molecule has 0 atom stereocenters. The van der Waals surface area contributed by atoms with Crippen LogP contribution in [0.5, 0.6) is 0 Å². The number of alkyl halides is 3. The number of nitrogens with zero attached hydrogens (tertiary/aromatic N) is 1. The lowest BCUT2D eigenvalue weighted by Gasteiger charge is -2.40. The predicted molar refractivity (Wildman–Crippen MR) is 86.6 cm³/mol. The summed E-state index contributed by atoms with van der Waals surface area (Å²) in [5, 5.41) is 0. The number of carbonyl (C=O) groups is 1. The van der Waals surface area contributed by atoms with Crippen LogP contribution in [0.3, 0.4) is 0 Å². The SMILES string of the molecule is O=CN(c1ccccc1C(F)(F)F)C1(c2ccccc2)CCCC1. The highest BCUT2D eigenvalue weighted by Gasteiger charge is 2.44. The first kappa shape index (κ1) is 16.6. The van der Waals surface area contributed by atoms with Gasteiger partial charge in [0.1, 0.15) is 0 Å². The van der Waals surface area contributed by atoms with E-state index >= 15 is 0 Å². The Kier molecular flexibility index (Phi) is 4.35. The minimum Gasteiger partial charge on any atom is -0.304 e. The van der Waals surface area contributed by atoms with Crippen molar-refractivity contribution < 1.29 is 18.0 Å². The molecule has 2 nitrogen and oxygen atoms in total. The monoisotopic (exact) mass is 333 g/mol. The van der Waals surface area contributed by atoms with Gasteiger partial charge in [-0.15, -0.1) is 0 Å². The number of amides is 1. The lowest BCUT2D eigenvalue weighted by Crippen LogP contribution is -2.44. The average Bonchev–Trinajstić information content (AvgIpc) is 3.07. The smallest absolute Gasteiger partial charge is 0.304 e. The van der Waals surface area contributed by atoms with Gasteiger partial charge < -0.3 is 4.90 Å². The van der Waals surface area contributed by atoms with Crippen molar-refractivity contribution in [1.82, 2.24) is 0 Å². The summed E-state index contributed by atoms with van der Waals surface area (Å²) in [7, 11) is 0. The Balaban J connectivity index is 2.16. The molecule has 0 N–H and O–H groups in total. The summed E-state index contributed by atoms with van der Waals surface area (Å²) < 4.78 is 40.2. The third-order valence-electron chi connectivity index (χ3n) is 4.78. The molecule has 1 saturated carbocycles. The van der Waals surface area contributed by atoms with Crippen molar-refractivity contribution in [2.75, 3.05) is 4.90 Å². The number of carbonyl (C=O) groups excluding carboxylic acids is 1. The molecule has 0 unspecified atom stereocenters. The van der Waals surface area contributed by atoms with E-state index in [-0.39, 0.29) is 5.69 Å². The second-order valence-electron chi connectivity index (χ2n) is 6.10. The van der Waals surface area contributed by atoms with Crippen LogP contribution in [0.1, 0.15) is 36.8 Å². The highest BCUT2D eigenvalue weighted by atomic mass is 19.4. The maximum absolute atomic E-state index is 13.4. The molecule has 2 aromatic carbocycles. The summed E-state index contributed by atoms with van der Waals surface area (Å²) >= 11 is 0. The predicted octanol–water partition coefficient (Wildman–Crippen LogP) is 5.14. The molecule has 0 bridgehead atoms. The Hall–Kier alpha value is -2.30. The van der Waals surface area contributed by atoms with Crippen LogP contribution in [0.4, 0.5) is 18.9 Å². The van der Waals surface area contributed by atoms with Crippen molar-refractivity contribution in [2.45, 2.75) is 37.4 Å². The quantitative estimate of drug-likeness (QED) is 0.710. The minimum atomic E-state index is -4.51. The van der Waals surface area contributed by atoms with Gasteiger partial charge >= 0.3 is 6.18 Å². The van der Waals surface area contributed by atoms with Gasteiger partial charge in [-0.25, -0.2) is 0 Å². The first-order valence-electron chi connectivity index (χ1n) is 7.95. The van der Waals surface area contributed by atoms with Gasteiger partial charge in [0.25, 0.3) is 0 Å². The van der Waals surface area contributed by atoms with E-state index in [1.807, 2.05) is 30.3 Å². The third kappa shape index (κ3) is 2.79. The minimum absolute atomic E-state index is 0.0780. The average molecular weight is 333 g/mol. The zero-order chi connectivity index (χ0) is 17.2. The summed E-state index contributed by atoms with van der Waals surface area (Å²) in [5.74, 6) is 0. The molecule has 0 saturated heterocycles. The Labute approximate surface area is 138 Å². The van der Waals surface area contributed by atoms with E-state index in [0.29, 0.717) is 19.3 Å². The molecule has 3 rings (SSSR count). The fourth-order valence-corrected chi connectivity index (χ4v) is 3.69. The molecule has 0 radical (unpaired) electrons. The molecule has 5 heteroatoms. The van der Waals surface area contributed by atoms with Gasteiger partial charge in [0.05, 0.1) is 16.8 Å². The highest BCUT2D eigenvalue weighted by molar-refractivity contribution is 5.80. The number of hydrogen-bond donors (Lipinski definition) is 0. The molecule has 24 heavy (non-hydrogen) atoms. The largest absolute Gasteiger partial charge is 0.418 e. The van der Waals surface area contributed by atoms with Gasteiger partial charge in [0, 0.05) is 0 Å². The number of rotatable bonds is 4. The zero-order valence-electron chi connectivity index (χ0n) is 13.1. The van der Waals surface area contributed by atoms with Crippen molar-refractivity contribution in [1.29, 1.82) is 0 Å². The first-order chi connectivity index (χ1) is 11.5. The van der Waals surface area contributed by atoms with Crippen LogP contribution in [0, 0.1) is 0 Å². The van der Waals surface area contributed by atoms with E-state index in [1.165, 1.54) is 23.1 Å². The number of hydrogen-bond acceptors (Lipinski definition) is 1. The summed E-state index contributed by atoms with van der Waals surface area (Å²) in [5.41, 5.74) is -0.693. The molecule has 2 aromatic rings. The van der Waals surface area contributed by atoms with Gasteiger partial charge in [-0.3, -0.25) is 4.79 Å². The highest BCUT2D eigenvalue weighted by Crippen LogP contribution is 2.47. The van der Waals surface area contributed by atoms with E-state index in [1.54, 1.807) is 0 Å². The molecule has 0 heterocycles. The van der Waals surface area contributed by atoms with E-state index < -0.39 is 17.3 Å². The van der Waals surface area contributed by atoms with Gasteiger partial charge in [-0.2, -0.15) is 13.2 Å². The topological polar surface area (TPSA) is 20.3 Å². The van der Waals surface area contributed by atoms with Gasteiger partial charge in [0.2, 0.25) is 6.41 Å². The van der Waals surface area contributed by atoms with E-state index in [2.05, 4.69) is 0 Å². The number of anilines is 1. The van der Waals surface area contributed by atoms with Crippen molar-refractivity contribution in [3.8, 4) is 0 Å². The summed E-state index contributed by atoms with van der Waals surface area (Å²) in [6.45, 7) is 0. The van der Waals surface area contributed by atoms with Crippen LogP contribution in [0.15, 0.2) is 54.6 Å². The second-order valence-corrected chi connectivity index (χ2v) is 6.10. The molecular formula is C19H18F3NO. The number of benzene rings is 2. The van der Waals surface area contributed by atoms with Gasteiger partial charge in [-0.1, -0.05) is 55.3 Å². The summed E-state index contributed by atoms with van der Waals surface area (Å²) in [6.07, 6.45) is -0.887. The van der Waals surface area contributed by atoms with Crippen LogP contribution in [-0.2, 0) is 16.5 Å². The van der Waals surface area contributed by atoms with Gasteiger partial charge in [0.15, 0.2) is 0 Å². The lowest BCUT2D eigenvalue weighted by molar-refractivity contribution is -0.137. The van der Waals surface area contributed by atoms with Crippen molar-refractivity contribution in [3.63, 3.8) is 0 Å². The number of halogens is 3. The maximum atomic E-state index is 13.4. The molecule has 0 aromatic heterocycles. The van der Waals surface area contributed by atoms with Crippen LogP contribution in [0.25, 0.3) is 0 Å². The Morgan fingerprint density at radius 1 is 0.917 bits per heavy atom. The van der Waals surface area contributed by atoms with E-state index in [9.17, 15) is 18.0 Å². The first-order valence-corrected chi connectivity index (χ1v) is 7.95. The van der Waals surface area contributed by atoms with E-state index in [4.69, 9.17) is 0 Å². The van der Waals surface area contributed by atoms with Crippen LogP contribution < -0.4 is 4.90 Å². The fourth-order valence-electron chi connectivity index (χ4n) is 3.69. The molecule has 0 spiro atoms. The molecule has 126 valence electrons. The van der Waals surface area contributed by atoms with Crippen molar-refractivity contribution in [2.24, 2.45) is 0 Å². The van der Waals surface area contributed by atoms with Crippen LogP contribution >= 0.6 is 0 Å². The summed E-state index contributed by atoms with van der Waals surface area (Å²) in [6, 6.07) is 14.6. The molecule has 1 amide bonds. The lowest BCUT2D eigenvalue weighted by atomic mass is 9.85. The molecule has 1 aliphatic rings. The number of para-hydroxylation sites is 1. The van der Waals surface area contributed by atoms with Crippen LogP contribution in [0.2, 0.25) is 0 Å². The normalized spacial score (nSPS) is 16.8. The zero-order valence-corrected chi connectivity index (χ0v) is 13.1. The third-order valence-corrected chi connectivity index (χ3v) is 4.78. The summed E-state index contributed by atoms with van der Waals surface area (Å²) in [4.78, 5) is 13.2. The maximum Gasteiger partial charge on any atom is 0.418 e. The Morgan fingerprint density at radius 2 is 1.50 bits per heavy atom. The second kappa shape index (κ2) is 6.30. The molecule has 1 fully saturated rings. The molecular weight excluding hydrogens is 315 g/mol. The Bertz CT molecular complexity index is 706. The van der Waals surface area contributed by atoms with E-state index in [0.717, 1.165) is 24.5 Å². The van der Waals surface area contributed by atoms with Crippen LogP contribution in [-0.4, -0.2) is 6.41 Å². The molecule has 0 aliphatic heterocycles. The standard InChI is InChI=1S/C19H18F3NO/c20-19(21,22)16-10-4-5-11-17(16)23(14-24)18(12-6-7-13-18)15-8-2-1-3-9-15/h1-5,8-11,14H,6-7,12-13H2. The van der Waals surface area contributed by atoms with Crippen molar-refractivity contribution >= 4 is 12.1 Å².